The van der Waals surface area contributed by atoms with Gasteiger partial charge in [-0.05, 0) is 24.6 Å². The summed E-state index contributed by atoms with van der Waals surface area (Å²) in [6.45, 7) is 0.575. The number of carboxylic acid groups (broad SMARTS) is 1. The molecule has 0 bridgehead atoms. The number of amidine groups is 1. The molecule has 7 heteroatoms. The highest BCUT2D eigenvalue weighted by atomic mass is 32.2. The van der Waals surface area contributed by atoms with Crippen LogP contribution in [-0.2, 0) is 5.54 Å². The number of benzene rings is 1. The Balaban J connectivity index is 2.05. The van der Waals surface area contributed by atoms with Crippen LogP contribution < -0.4 is 15.8 Å². The number of carbonyl (C=O) groups is 1. The van der Waals surface area contributed by atoms with Gasteiger partial charge in [-0.15, -0.1) is 0 Å². The molecule has 1 atom stereocenters. The van der Waals surface area contributed by atoms with E-state index in [4.69, 9.17) is 15.6 Å². The molecular formula is C13H15N3O3S. The second-order valence-corrected chi connectivity index (χ2v) is 5.91. The minimum atomic E-state index is -1.09. The average Bonchev–Trinajstić information content (AvgIpc) is 2.39. The summed E-state index contributed by atoms with van der Waals surface area (Å²) in [4.78, 5) is 15.4. The summed E-state index contributed by atoms with van der Waals surface area (Å²) in [5.74, 6) is 1.60. The molecular weight excluding hydrogens is 278 g/mol. The summed E-state index contributed by atoms with van der Waals surface area (Å²) in [6, 6.07) is 5.54. The molecule has 2 aliphatic rings. The number of nitrogen functional groups attached to an aromatic ring is 1. The molecule has 106 valence electrons. The smallest absolute Gasteiger partial charge is 0.410 e. The predicted octanol–water partition coefficient (Wildman–Crippen LogP) is 2.01. The van der Waals surface area contributed by atoms with Gasteiger partial charge in [-0.3, -0.25) is 10.3 Å². The Labute approximate surface area is 120 Å². The fraction of sp³-hybridized carbons (Fsp3) is 0.385. The SMILES string of the molecule is Nc1ccc2c(c1)C1(CCO2)CCSC(NC(=O)O)=N1. The van der Waals surface area contributed by atoms with Crippen LogP contribution in [0.3, 0.4) is 0 Å². The number of nitrogens with one attached hydrogen (secondary N) is 1. The summed E-state index contributed by atoms with van der Waals surface area (Å²) in [7, 11) is 0. The Morgan fingerprint density at radius 2 is 2.35 bits per heavy atom. The fourth-order valence-electron chi connectivity index (χ4n) is 2.63. The molecule has 2 aliphatic heterocycles. The number of hydrogen-bond acceptors (Lipinski definition) is 5. The van der Waals surface area contributed by atoms with E-state index in [1.165, 1.54) is 11.8 Å². The van der Waals surface area contributed by atoms with Gasteiger partial charge in [-0.25, -0.2) is 4.79 Å². The molecule has 1 amide bonds. The molecule has 20 heavy (non-hydrogen) atoms. The molecule has 1 spiro atoms. The molecule has 0 aromatic heterocycles. The van der Waals surface area contributed by atoms with Gasteiger partial charge in [-0.2, -0.15) is 0 Å². The quantitative estimate of drug-likeness (QED) is 0.636. The van der Waals surface area contributed by atoms with E-state index in [0.717, 1.165) is 29.9 Å². The zero-order chi connectivity index (χ0) is 14.2. The van der Waals surface area contributed by atoms with E-state index in [1.807, 2.05) is 12.1 Å². The first-order valence-corrected chi connectivity index (χ1v) is 7.33. The van der Waals surface area contributed by atoms with E-state index >= 15 is 0 Å². The number of hydrogen-bond donors (Lipinski definition) is 3. The highest BCUT2D eigenvalue weighted by molar-refractivity contribution is 8.13. The van der Waals surface area contributed by atoms with Crippen LogP contribution in [0.5, 0.6) is 5.75 Å². The molecule has 0 saturated heterocycles. The minimum Gasteiger partial charge on any atom is -0.493 e. The van der Waals surface area contributed by atoms with Crippen molar-refractivity contribution in [2.45, 2.75) is 18.4 Å². The zero-order valence-electron chi connectivity index (χ0n) is 10.8. The molecule has 0 fully saturated rings. The van der Waals surface area contributed by atoms with Crippen LogP contribution >= 0.6 is 11.8 Å². The number of rotatable bonds is 0. The first kappa shape index (κ1) is 13.1. The Morgan fingerprint density at radius 1 is 1.50 bits per heavy atom. The molecule has 0 aliphatic carbocycles. The third-order valence-electron chi connectivity index (χ3n) is 3.56. The van der Waals surface area contributed by atoms with Crippen LogP contribution in [0.15, 0.2) is 23.2 Å². The molecule has 4 N–H and O–H groups in total. The fourth-order valence-corrected chi connectivity index (χ4v) is 3.66. The number of anilines is 1. The van der Waals surface area contributed by atoms with Crippen LogP contribution in [0.4, 0.5) is 10.5 Å². The summed E-state index contributed by atoms with van der Waals surface area (Å²) in [5, 5.41) is 11.6. The monoisotopic (exact) mass is 293 g/mol. The number of fused-ring (bicyclic) bond motifs is 2. The predicted molar refractivity (Wildman–Crippen MR) is 78.3 cm³/mol. The molecule has 1 aromatic carbocycles. The van der Waals surface area contributed by atoms with E-state index < -0.39 is 11.6 Å². The zero-order valence-corrected chi connectivity index (χ0v) is 11.6. The van der Waals surface area contributed by atoms with Gasteiger partial charge in [0, 0.05) is 23.4 Å². The van der Waals surface area contributed by atoms with Gasteiger partial charge in [0.2, 0.25) is 0 Å². The van der Waals surface area contributed by atoms with Gasteiger partial charge >= 0.3 is 6.09 Å². The Morgan fingerprint density at radius 3 is 3.15 bits per heavy atom. The van der Waals surface area contributed by atoms with Gasteiger partial charge in [-0.1, -0.05) is 11.8 Å². The molecule has 1 unspecified atom stereocenters. The number of ether oxygens (including phenoxy) is 1. The van der Waals surface area contributed by atoms with Crippen molar-refractivity contribution in [3.05, 3.63) is 23.8 Å². The molecule has 1 aromatic rings. The highest BCUT2D eigenvalue weighted by Crippen LogP contribution is 2.46. The lowest BCUT2D eigenvalue weighted by Gasteiger charge is -2.38. The van der Waals surface area contributed by atoms with Crippen molar-refractivity contribution in [2.24, 2.45) is 4.99 Å². The van der Waals surface area contributed by atoms with Crippen molar-refractivity contribution in [3.8, 4) is 5.75 Å². The summed E-state index contributed by atoms with van der Waals surface area (Å²) in [5.41, 5.74) is 7.06. The maximum atomic E-state index is 10.8. The maximum Gasteiger partial charge on any atom is 0.410 e. The molecule has 0 radical (unpaired) electrons. The van der Waals surface area contributed by atoms with Crippen molar-refractivity contribution >= 4 is 28.7 Å². The van der Waals surface area contributed by atoms with Crippen molar-refractivity contribution in [3.63, 3.8) is 0 Å². The number of amides is 1. The van der Waals surface area contributed by atoms with E-state index in [2.05, 4.69) is 10.3 Å². The van der Waals surface area contributed by atoms with E-state index in [-0.39, 0.29) is 0 Å². The number of thioether (sulfide) groups is 1. The average molecular weight is 293 g/mol. The van der Waals surface area contributed by atoms with Crippen molar-refractivity contribution < 1.29 is 14.6 Å². The Kier molecular flexibility index (Phi) is 3.21. The molecule has 0 saturated carbocycles. The third kappa shape index (κ3) is 2.29. The van der Waals surface area contributed by atoms with Crippen molar-refractivity contribution in [1.29, 1.82) is 0 Å². The summed E-state index contributed by atoms with van der Waals surface area (Å²) >= 11 is 1.42. The molecule has 3 rings (SSSR count). The highest BCUT2D eigenvalue weighted by Gasteiger charge is 2.40. The van der Waals surface area contributed by atoms with Crippen LogP contribution in [0.1, 0.15) is 18.4 Å². The number of nitrogens with zero attached hydrogens (tertiary/aromatic N) is 1. The van der Waals surface area contributed by atoms with Gasteiger partial charge in [0.25, 0.3) is 0 Å². The normalized spacial score (nSPS) is 24.5. The van der Waals surface area contributed by atoms with Crippen LogP contribution in [-0.4, -0.2) is 28.7 Å². The first-order valence-electron chi connectivity index (χ1n) is 6.34. The minimum absolute atomic E-state index is 0.425. The van der Waals surface area contributed by atoms with Gasteiger partial charge in [0.05, 0.1) is 12.1 Å². The standard InChI is InChI=1S/C13H15N3O3S/c14-8-1-2-10-9(7-8)13(3-5-19-10)4-6-20-11(16-13)15-12(17)18/h1-2,7H,3-6,14H2,(H,15,16)(H,17,18). The lowest BCUT2D eigenvalue weighted by molar-refractivity contribution is 0.199. The van der Waals surface area contributed by atoms with E-state index in [9.17, 15) is 4.79 Å². The second kappa shape index (κ2) is 4.90. The van der Waals surface area contributed by atoms with Crippen molar-refractivity contribution in [2.75, 3.05) is 18.1 Å². The molecule has 6 nitrogen and oxygen atoms in total. The second-order valence-electron chi connectivity index (χ2n) is 4.83. The maximum absolute atomic E-state index is 10.8. The summed E-state index contributed by atoms with van der Waals surface area (Å²) in [6.07, 6.45) is 0.491. The van der Waals surface area contributed by atoms with Crippen LogP contribution in [0.2, 0.25) is 0 Å². The lowest BCUT2D eigenvalue weighted by Crippen LogP contribution is -2.39. The van der Waals surface area contributed by atoms with Crippen LogP contribution in [0, 0.1) is 0 Å². The van der Waals surface area contributed by atoms with Crippen LogP contribution in [0.25, 0.3) is 0 Å². The first-order chi connectivity index (χ1) is 9.59. The third-order valence-corrected chi connectivity index (χ3v) is 4.44. The summed E-state index contributed by atoms with van der Waals surface area (Å²) < 4.78 is 5.65. The Bertz CT molecular complexity index is 590. The number of aliphatic imine (C=N–C) groups is 1. The van der Waals surface area contributed by atoms with E-state index in [1.54, 1.807) is 6.07 Å². The topological polar surface area (TPSA) is 96.9 Å². The number of nitrogens with two attached hydrogens (primary N) is 1. The largest absolute Gasteiger partial charge is 0.493 e. The van der Waals surface area contributed by atoms with Gasteiger partial charge < -0.3 is 15.6 Å². The van der Waals surface area contributed by atoms with Gasteiger partial charge in [0.1, 0.15) is 5.75 Å². The van der Waals surface area contributed by atoms with E-state index in [0.29, 0.717) is 17.5 Å². The lowest BCUT2D eigenvalue weighted by atomic mass is 9.82. The Hall–Kier alpha value is -1.89. The van der Waals surface area contributed by atoms with Gasteiger partial charge in [0.15, 0.2) is 5.17 Å². The van der Waals surface area contributed by atoms with Crippen molar-refractivity contribution in [1.82, 2.24) is 5.32 Å². The molecule has 2 heterocycles.